The Morgan fingerprint density at radius 3 is 2.56 bits per heavy atom. The average Bonchev–Trinajstić information content (AvgIpc) is 2.25. The fraction of sp³-hybridized carbons (Fsp3) is 0.273. The van der Waals surface area contributed by atoms with Crippen LogP contribution in [-0.4, -0.2) is 17.4 Å². The van der Waals surface area contributed by atoms with Crippen LogP contribution in [-0.2, 0) is 0 Å². The molecule has 0 aliphatic carbocycles. The highest BCUT2D eigenvalue weighted by Gasteiger charge is 2.03. The van der Waals surface area contributed by atoms with Crippen molar-refractivity contribution >= 4 is 34.7 Å². The summed E-state index contributed by atoms with van der Waals surface area (Å²) in [4.78, 5) is 12.1. The summed E-state index contributed by atoms with van der Waals surface area (Å²) in [7, 11) is 0. The smallest absolute Gasteiger partial charge is 0.251 e. The molecule has 0 aromatic heterocycles. The molecular weight excluding hydrogens is 244 g/mol. The molecule has 0 saturated carbocycles. The van der Waals surface area contributed by atoms with Crippen molar-refractivity contribution in [1.29, 1.82) is 0 Å². The van der Waals surface area contributed by atoms with Crippen molar-refractivity contribution in [3.63, 3.8) is 0 Å². The molecule has 0 bridgehead atoms. The number of amides is 1. The SMILES string of the molecule is NC(=S)CCCNC(=O)c1ccc(Cl)cc1. The Balaban J connectivity index is 2.35. The number of halogens is 1. The predicted octanol–water partition coefficient (Wildman–Crippen LogP) is 2.14. The van der Waals surface area contributed by atoms with Crippen LogP contribution in [0.2, 0.25) is 5.02 Å². The normalized spacial score (nSPS) is 9.81. The zero-order valence-corrected chi connectivity index (χ0v) is 10.3. The summed E-state index contributed by atoms with van der Waals surface area (Å²) in [5.41, 5.74) is 5.94. The molecular formula is C11H13ClN2OS. The molecule has 0 radical (unpaired) electrons. The van der Waals surface area contributed by atoms with Gasteiger partial charge in [-0.05, 0) is 37.1 Å². The summed E-state index contributed by atoms with van der Waals surface area (Å²) in [6, 6.07) is 6.74. The second-order valence-electron chi connectivity index (χ2n) is 3.33. The van der Waals surface area contributed by atoms with Crippen LogP contribution in [0.3, 0.4) is 0 Å². The number of thiocarbonyl (C=S) groups is 1. The summed E-state index contributed by atoms with van der Waals surface area (Å²) in [5.74, 6) is -0.111. The van der Waals surface area contributed by atoms with E-state index in [1.807, 2.05) is 0 Å². The Bertz CT molecular complexity index is 378. The van der Waals surface area contributed by atoms with Crippen molar-refractivity contribution in [1.82, 2.24) is 5.32 Å². The molecule has 0 heterocycles. The maximum Gasteiger partial charge on any atom is 0.251 e. The number of benzene rings is 1. The van der Waals surface area contributed by atoms with E-state index in [-0.39, 0.29) is 5.91 Å². The third-order valence-electron chi connectivity index (χ3n) is 1.99. The monoisotopic (exact) mass is 256 g/mol. The second-order valence-corrected chi connectivity index (χ2v) is 4.29. The van der Waals surface area contributed by atoms with Gasteiger partial charge < -0.3 is 11.1 Å². The number of hydrogen-bond acceptors (Lipinski definition) is 2. The standard InChI is InChI=1S/C11H13ClN2OS/c12-9-5-3-8(4-6-9)11(15)14-7-1-2-10(13)16/h3-6H,1-2,7H2,(H2,13,16)(H,14,15). The molecule has 16 heavy (non-hydrogen) atoms. The van der Waals surface area contributed by atoms with Crippen molar-refractivity contribution in [2.24, 2.45) is 5.73 Å². The van der Waals surface area contributed by atoms with Crippen LogP contribution in [0, 0.1) is 0 Å². The van der Waals surface area contributed by atoms with E-state index >= 15 is 0 Å². The Morgan fingerprint density at radius 1 is 1.38 bits per heavy atom. The second kappa shape index (κ2) is 6.45. The van der Waals surface area contributed by atoms with Crippen molar-refractivity contribution in [2.75, 3.05) is 6.54 Å². The molecule has 86 valence electrons. The van der Waals surface area contributed by atoms with Crippen LogP contribution in [0.25, 0.3) is 0 Å². The summed E-state index contributed by atoms with van der Waals surface area (Å²) in [6.45, 7) is 0.568. The van der Waals surface area contributed by atoms with Gasteiger partial charge in [-0.15, -0.1) is 0 Å². The van der Waals surface area contributed by atoms with Gasteiger partial charge in [0.2, 0.25) is 0 Å². The highest BCUT2D eigenvalue weighted by Crippen LogP contribution is 2.09. The van der Waals surface area contributed by atoms with Gasteiger partial charge in [0, 0.05) is 17.1 Å². The van der Waals surface area contributed by atoms with Gasteiger partial charge in [0.15, 0.2) is 0 Å². The molecule has 0 atom stereocenters. The number of nitrogens with one attached hydrogen (secondary N) is 1. The fourth-order valence-electron chi connectivity index (χ4n) is 1.17. The number of carbonyl (C=O) groups is 1. The first-order valence-corrected chi connectivity index (χ1v) is 5.70. The zero-order chi connectivity index (χ0) is 12.0. The van der Waals surface area contributed by atoms with E-state index in [1.165, 1.54) is 0 Å². The molecule has 0 saturated heterocycles. The number of nitrogens with two attached hydrogens (primary N) is 1. The number of hydrogen-bond donors (Lipinski definition) is 2. The first-order valence-electron chi connectivity index (χ1n) is 4.91. The number of rotatable bonds is 5. The minimum atomic E-state index is -0.111. The molecule has 0 unspecified atom stereocenters. The highest BCUT2D eigenvalue weighted by molar-refractivity contribution is 7.80. The Kier molecular flexibility index (Phi) is 5.22. The van der Waals surface area contributed by atoms with Crippen molar-refractivity contribution in [3.05, 3.63) is 34.9 Å². The quantitative estimate of drug-likeness (QED) is 0.627. The van der Waals surface area contributed by atoms with Gasteiger partial charge in [-0.2, -0.15) is 0 Å². The van der Waals surface area contributed by atoms with Crippen molar-refractivity contribution in [2.45, 2.75) is 12.8 Å². The molecule has 0 aliphatic rings. The van der Waals surface area contributed by atoms with E-state index in [9.17, 15) is 4.79 Å². The van der Waals surface area contributed by atoms with Crippen LogP contribution in [0.5, 0.6) is 0 Å². The van der Waals surface area contributed by atoms with Gasteiger partial charge >= 0.3 is 0 Å². The maximum absolute atomic E-state index is 11.6. The highest BCUT2D eigenvalue weighted by atomic mass is 35.5. The van der Waals surface area contributed by atoms with E-state index in [0.717, 1.165) is 6.42 Å². The molecule has 1 amide bonds. The van der Waals surface area contributed by atoms with E-state index in [2.05, 4.69) is 5.32 Å². The lowest BCUT2D eigenvalue weighted by atomic mass is 10.2. The van der Waals surface area contributed by atoms with Gasteiger partial charge in [-0.3, -0.25) is 4.79 Å². The molecule has 1 aromatic carbocycles. The summed E-state index contributed by atoms with van der Waals surface area (Å²) in [5, 5.41) is 3.39. The summed E-state index contributed by atoms with van der Waals surface area (Å²) < 4.78 is 0. The predicted molar refractivity (Wildman–Crippen MR) is 69.8 cm³/mol. The van der Waals surface area contributed by atoms with Gasteiger partial charge in [0.1, 0.15) is 0 Å². The summed E-state index contributed by atoms with van der Waals surface area (Å²) in [6.07, 6.45) is 1.41. The van der Waals surface area contributed by atoms with Crippen LogP contribution in [0.1, 0.15) is 23.2 Å². The first-order chi connectivity index (χ1) is 7.59. The first kappa shape index (κ1) is 12.9. The Labute approximate surface area is 105 Å². The minimum absolute atomic E-state index is 0.111. The Hall–Kier alpha value is -1.13. The Morgan fingerprint density at radius 2 is 2.00 bits per heavy atom. The molecule has 3 N–H and O–H groups in total. The average molecular weight is 257 g/mol. The minimum Gasteiger partial charge on any atom is -0.393 e. The van der Waals surface area contributed by atoms with Crippen LogP contribution >= 0.6 is 23.8 Å². The molecule has 5 heteroatoms. The van der Waals surface area contributed by atoms with Gasteiger partial charge in [-0.25, -0.2) is 0 Å². The van der Waals surface area contributed by atoms with E-state index in [4.69, 9.17) is 29.6 Å². The molecule has 0 spiro atoms. The largest absolute Gasteiger partial charge is 0.393 e. The van der Waals surface area contributed by atoms with Gasteiger partial charge in [-0.1, -0.05) is 23.8 Å². The topological polar surface area (TPSA) is 55.1 Å². The molecule has 1 rings (SSSR count). The lowest BCUT2D eigenvalue weighted by molar-refractivity contribution is 0.0953. The van der Waals surface area contributed by atoms with Crippen LogP contribution in [0.4, 0.5) is 0 Å². The third kappa shape index (κ3) is 4.59. The lowest BCUT2D eigenvalue weighted by Crippen LogP contribution is -2.25. The fourth-order valence-corrected chi connectivity index (χ4v) is 1.44. The molecule has 0 aliphatic heterocycles. The van der Waals surface area contributed by atoms with Gasteiger partial charge in [0.05, 0.1) is 4.99 Å². The summed E-state index contributed by atoms with van der Waals surface area (Å²) >= 11 is 10.5. The van der Waals surface area contributed by atoms with E-state index in [0.29, 0.717) is 28.5 Å². The maximum atomic E-state index is 11.6. The third-order valence-corrected chi connectivity index (χ3v) is 2.45. The van der Waals surface area contributed by atoms with Crippen LogP contribution in [0.15, 0.2) is 24.3 Å². The molecule has 1 aromatic rings. The zero-order valence-electron chi connectivity index (χ0n) is 8.70. The van der Waals surface area contributed by atoms with Crippen molar-refractivity contribution in [3.8, 4) is 0 Å². The van der Waals surface area contributed by atoms with Gasteiger partial charge in [0.25, 0.3) is 5.91 Å². The lowest BCUT2D eigenvalue weighted by Gasteiger charge is -2.04. The number of carbonyl (C=O) groups excluding carboxylic acids is 1. The van der Waals surface area contributed by atoms with Crippen molar-refractivity contribution < 1.29 is 4.79 Å². The molecule has 3 nitrogen and oxygen atoms in total. The molecule has 0 fully saturated rings. The van der Waals surface area contributed by atoms with E-state index in [1.54, 1.807) is 24.3 Å². The van der Waals surface area contributed by atoms with E-state index < -0.39 is 0 Å². The van der Waals surface area contributed by atoms with Crippen LogP contribution < -0.4 is 11.1 Å².